The Labute approximate surface area is 162 Å². The highest BCUT2D eigenvalue weighted by atomic mass is 14.8. The standard InChI is InChI=1S/C25H17N3/c1-4-10-22-16(7-1)19(13-26-22)25(20-14-27-23-11-5-2-8-17(20)23)21-15-28-24-12-6-3-9-18(21)24/h1-15,26-27H. The van der Waals surface area contributed by atoms with E-state index in [0.717, 1.165) is 22.3 Å². The molecule has 1 aliphatic heterocycles. The van der Waals surface area contributed by atoms with E-state index in [1.54, 1.807) is 0 Å². The second kappa shape index (κ2) is 5.83. The van der Waals surface area contributed by atoms with Gasteiger partial charge in [-0.25, -0.2) is 0 Å². The van der Waals surface area contributed by atoms with Gasteiger partial charge in [-0.1, -0.05) is 54.6 Å². The topological polar surface area (TPSA) is 43.9 Å². The quantitative estimate of drug-likeness (QED) is 0.370. The number of para-hydroxylation sites is 3. The maximum absolute atomic E-state index is 4.68. The van der Waals surface area contributed by atoms with Crippen molar-refractivity contribution < 1.29 is 0 Å². The van der Waals surface area contributed by atoms with Crippen LogP contribution < -0.4 is 0 Å². The molecule has 2 N–H and O–H groups in total. The maximum atomic E-state index is 4.68. The van der Waals surface area contributed by atoms with Crippen LogP contribution >= 0.6 is 0 Å². The summed E-state index contributed by atoms with van der Waals surface area (Å²) in [5.41, 5.74) is 9.21. The molecular formula is C25H17N3. The highest BCUT2D eigenvalue weighted by Crippen LogP contribution is 2.42. The number of aromatic amines is 2. The molecule has 0 saturated heterocycles. The number of hydrogen-bond acceptors (Lipinski definition) is 1. The smallest absolute Gasteiger partial charge is 0.0709 e. The van der Waals surface area contributed by atoms with Gasteiger partial charge in [-0.3, -0.25) is 4.99 Å². The first kappa shape index (κ1) is 15.2. The largest absolute Gasteiger partial charge is 0.361 e. The minimum atomic E-state index is 1.02. The Morgan fingerprint density at radius 1 is 0.643 bits per heavy atom. The Kier molecular flexibility index (Phi) is 3.17. The van der Waals surface area contributed by atoms with Crippen molar-refractivity contribution in [3.05, 3.63) is 102 Å². The molecule has 28 heavy (non-hydrogen) atoms. The van der Waals surface area contributed by atoms with Crippen LogP contribution in [0.3, 0.4) is 0 Å². The van der Waals surface area contributed by atoms with Crippen LogP contribution in [0.2, 0.25) is 0 Å². The molecule has 6 rings (SSSR count). The number of nitrogens with zero attached hydrogens (tertiary/aromatic N) is 1. The minimum absolute atomic E-state index is 1.02. The fraction of sp³-hybridized carbons (Fsp3) is 0. The molecule has 0 radical (unpaired) electrons. The number of aliphatic imine (C=N–C) groups is 1. The zero-order valence-corrected chi connectivity index (χ0v) is 15.1. The summed E-state index contributed by atoms with van der Waals surface area (Å²) in [6.07, 6.45) is 6.23. The zero-order chi connectivity index (χ0) is 18.5. The van der Waals surface area contributed by atoms with Gasteiger partial charge in [0.15, 0.2) is 0 Å². The van der Waals surface area contributed by atoms with Crippen LogP contribution in [0.15, 0.2) is 90.2 Å². The molecule has 0 spiro atoms. The third-order valence-electron chi connectivity index (χ3n) is 5.51. The van der Waals surface area contributed by atoms with Crippen molar-refractivity contribution in [1.82, 2.24) is 9.97 Å². The van der Waals surface area contributed by atoms with Crippen molar-refractivity contribution >= 4 is 44.9 Å². The lowest BCUT2D eigenvalue weighted by molar-refractivity contribution is 1.45. The van der Waals surface area contributed by atoms with Crippen molar-refractivity contribution in [2.75, 3.05) is 0 Å². The van der Waals surface area contributed by atoms with Crippen LogP contribution in [-0.4, -0.2) is 16.2 Å². The maximum Gasteiger partial charge on any atom is 0.0709 e. The average Bonchev–Trinajstić information content (AvgIpc) is 3.47. The lowest BCUT2D eigenvalue weighted by Crippen LogP contribution is -1.93. The van der Waals surface area contributed by atoms with E-state index in [9.17, 15) is 0 Å². The second-order valence-electron chi connectivity index (χ2n) is 7.06. The molecule has 3 nitrogen and oxygen atoms in total. The second-order valence-corrected chi connectivity index (χ2v) is 7.06. The van der Waals surface area contributed by atoms with Crippen molar-refractivity contribution in [2.45, 2.75) is 0 Å². The van der Waals surface area contributed by atoms with E-state index < -0.39 is 0 Å². The zero-order valence-electron chi connectivity index (χ0n) is 15.1. The number of benzene rings is 3. The minimum Gasteiger partial charge on any atom is -0.361 e. The van der Waals surface area contributed by atoms with Crippen LogP contribution in [0.1, 0.15) is 16.7 Å². The van der Waals surface area contributed by atoms with Crippen molar-refractivity contribution in [1.29, 1.82) is 0 Å². The van der Waals surface area contributed by atoms with Gasteiger partial charge in [-0.15, -0.1) is 0 Å². The molecule has 0 fully saturated rings. The van der Waals surface area contributed by atoms with E-state index in [1.165, 1.54) is 33.0 Å². The number of rotatable bonds is 2. The van der Waals surface area contributed by atoms with Gasteiger partial charge in [-0.05, 0) is 18.2 Å². The van der Waals surface area contributed by atoms with Crippen LogP contribution in [0.5, 0.6) is 0 Å². The fourth-order valence-electron chi connectivity index (χ4n) is 4.21. The number of fused-ring (bicyclic) bond motifs is 3. The molecule has 3 heteroatoms. The van der Waals surface area contributed by atoms with Gasteiger partial charge in [0.2, 0.25) is 0 Å². The van der Waals surface area contributed by atoms with E-state index in [0.29, 0.717) is 0 Å². The van der Waals surface area contributed by atoms with Gasteiger partial charge in [-0.2, -0.15) is 0 Å². The first-order valence-corrected chi connectivity index (χ1v) is 9.41. The molecule has 5 aromatic rings. The molecule has 2 aromatic heterocycles. The van der Waals surface area contributed by atoms with Crippen LogP contribution in [0.4, 0.5) is 5.69 Å². The molecule has 0 atom stereocenters. The van der Waals surface area contributed by atoms with E-state index in [1.807, 2.05) is 12.3 Å². The first-order valence-electron chi connectivity index (χ1n) is 9.41. The lowest BCUT2D eigenvalue weighted by Gasteiger charge is -2.11. The van der Waals surface area contributed by atoms with E-state index in [4.69, 9.17) is 0 Å². The third-order valence-corrected chi connectivity index (χ3v) is 5.51. The van der Waals surface area contributed by atoms with Gasteiger partial charge in [0.25, 0.3) is 0 Å². The number of aromatic nitrogens is 2. The molecule has 0 amide bonds. The predicted octanol–water partition coefficient (Wildman–Crippen LogP) is 6.32. The summed E-state index contributed by atoms with van der Waals surface area (Å²) in [5.74, 6) is 0. The molecule has 0 saturated carbocycles. The normalized spacial score (nSPS) is 12.8. The summed E-state index contributed by atoms with van der Waals surface area (Å²) in [7, 11) is 0. The van der Waals surface area contributed by atoms with E-state index in [-0.39, 0.29) is 0 Å². The molecular weight excluding hydrogens is 342 g/mol. The molecule has 0 bridgehead atoms. The highest BCUT2D eigenvalue weighted by Gasteiger charge is 2.22. The Morgan fingerprint density at radius 3 is 1.89 bits per heavy atom. The van der Waals surface area contributed by atoms with Crippen LogP contribution in [0, 0.1) is 0 Å². The van der Waals surface area contributed by atoms with Crippen molar-refractivity contribution in [3.63, 3.8) is 0 Å². The average molecular weight is 359 g/mol. The van der Waals surface area contributed by atoms with Gasteiger partial charge in [0, 0.05) is 68.3 Å². The van der Waals surface area contributed by atoms with Crippen LogP contribution in [0.25, 0.3) is 33.0 Å². The first-order chi connectivity index (χ1) is 13.9. The van der Waals surface area contributed by atoms with Gasteiger partial charge >= 0.3 is 0 Å². The number of hydrogen-bond donors (Lipinski definition) is 2. The molecule has 3 aromatic carbocycles. The molecule has 0 aliphatic carbocycles. The Morgan fingerprint density at radius 2 is 1.21 bits per heavy atom. The van der Waals surface area contributed by atoms with Gasteiger partial charge in [0.1, 0.15) is 0 Å². The summed E-state index contributed by atoms with van der Waals surface area (Å²) in [6.45, 7) is 0. The van der Waals surface area contributed by atoms with Crippen molar-refractivity contribution in [2.24, 2.45) is 4.99 Å². The molecule has 0 unspecified atom stereocenters. The summed E-state index contributed by atoms with van der Waals surface area (Å²) < 4.78 is 0. The number of allylic oxidation sites excluding steroid dienone is 1. The lowest BCUT2D eigenvalue weighted by atomic mass is 9.90. The Balaban J connectivity index is 1.74. The number of H-pyrrole nitrogens is 2. The molecule has 132 valence electrons. The Bertz CT molecular complexity index is 1340. The number of nitrogens with one attached hydrogen (secondary N) is 2. The predicted molar refractivity (Wildman–Crippen MR) is 117 cm³/mol. The van der Waals surface area contributed by atoms with E-state index in [2.05, 4.69) is 94.1 Å². The fourth-order valence-corrected chi connectivity index (χ4v) is 4.21. The summed E-state index contributed by atoms with van der Waals surface area (Å²) >= 11 is 0. The van der Waals surface area contributed by atoms with Gasteiger partial charge < -0.3 is 9.97 Å². The summed E-state index contributed by atoms with van der Waals surface area (Å²) in [4.78, 5) is 11.6. The van der Waals surface area contributed by atoms with Crippen LogP contribution in [-0.2, 0) is 0 Å². The SMILES string of the molecule is C1=Nc2ccccc2C1=C(c1c[nH]c2ccccc12)c1c[nH]c2ccccc12. The Hall–Kier alpha value is -3.85. The van der Waals surface area contributed by atoms with Crippen molar-refractivity contribution in [3.8, 4) is 0 Å². The summed E-state index contributed by atoms with van der Waals surface area (Å²) in [6, 6.07) is 25.2. The highest BCUT2D eigenvalue weighted by molar-refractivity contribution is 6.29. The third kappa shape index (κ3) is 2.13. The molecule has 3 heterocycles. The monoisotopic (exact) mass is 359 g/mol. The van der Waals surface area contributed by atoms with Gasteiger partial charge in [0.05, 0.1) is 5.69 Å². The van der Waals surface area contributed by atoms with E-state index >= 15 is 0 Å². The molecule has 1 aliphatic rings. The summed E-state index contributed by atoms with van der Waals surface area (Å²) in [5, 5.41) is 2.43.